The van der Waals surface area contributed by atoms with Gasteiger partial charge in [0.15, 0.2) is 6.61 Å². The number of carbonyl (C=O) groups is 1. The number of nitro groups is 1. The van der Waals surface area contributed by atoms with Crippen LogP contribution in [0.3, 0.4) is 0 Å². The van der Waals surface area contributed by atoms with Gasteiger partial charge in [0, 0.05) is 18.2 Å². The number of nitrogens with zero attached hydrogens (tertiary/aromatic N) is 1. The van der Waals surface area contributed by atoms with Crippen LogP contribution in [-0.2, 0) is 4.79 Å². The fourth-order valence-corrected chi connectivity index (χ4v) is 1.97. The number of ether oxygens (including phenoxy) is 3. The molecule has 0 aliphatic heterocycles. The lowest BCUT2D eigenvalue weighted by molar-refractivity contribution is -0.387. The SMILES string of the molecule is COc1ccc(OC)c(NC(=O)COc2ccc([N+](=O)[O-])c(F)c2)c1. The maximum atomic E-state index is 13.5. The van der Waals surface area contributed by atoms with Crippen LogP contribution in [0.1, 0.15) is 0 Å². The monoisotopic (exact) mass is 350 g/mol. The van der Waals surface area contributed by atoms with Crippen molar-refractivity contribution in [1.29, 1.82) is 0 Å². The largest absolute Gasteiger partial charge is 0.497 e. The Morgan fingerprint density at radius 2 is 1.88 bits per heavy atom. The van der Waals surface area contributed by atoms with Crippen LogP contribution in [0.25, 0.3) is 0 Å². The zero-order valence-electron chi connectivity index (χ0n) is 13.4. The Hall–Kier alpha value is -3.36. The Morgan fingerprint density at radius 3 is 2.48 bits per heavy atom. The summed E-state index contributed by atoms with van der Waals surface area (Å²) in [6, 6.07) is 7.89. The molecule has 0 unspecified atom stereocenters. The number of amides is 1. The van der Waals surface area contributed by atoms with Crippen LogP contribution >= 0.6 is 0 Å². The van der Waals surface area contributed by atoms with Gasteiger partial charge in [0.2, 0.25) is 5.82 Å². The Morgan fingerprint density at radius 1 is 1.16 bits per heavy atom. The number of nitrogens with one attached hydrogen (secondary N) is 1. The van der Waals surface area contributed by atoms with Crippen LogP contribution in [-0.4, -0.2) is 31.7 Å². The molecule has 25 heavy (non-hydrogen) atoms. The van der Waals surface area contributed by atoms with Crippen molar-refractivity contribution >= 4 is 17.3 Å². The van der Waals surface area contributed by atoms with E-state index in [1.807, 2.05) is 0 Å². The number of benzene rings is 2. The molecule has 9 heteroatoms. The number of anilines is 1. The minimum atomic E-state index is -1.04. The van der Waals surface area contributed by atoms with Crippen LogP contribution in [0.4, 0.5) is 15.8 Å². The van der Waals surface area contributed by atoms with Crippen molar-refractivity contribution in [2.45, 2.75) is 0 Å². The van der Waals surface area contributed by atoms with Gasteiger partial charge < -0.3 is 19.5 Å². The Kier molecular flexibility index (Phi) is 5.72. The average molecular weight is 350 g/mol. The lowest BCUT2D eigenvalue weighted by Gasteiger charge is -2.12. The number of halogens is 1. The van der Waals surface area contributed by atoms with Crippen molar-refractivity contribution in [3.05, 3.63) is 52.3 Å². The third kappa shape index (κ3) is 4.56. The molecule has 1 N–H and O–H groups in total. The number of hydrogen-bond donors (Lipinski definition) is 1. The van der Waals surface area contributed by atoms with E-state index in [0.717, 1.165) is 12.1 Å². The van der Waals surface area contributed by atoms with Gasteiger partial charge in [-0.3, -0.25) is 14.9 Å². The number of rotatable bonds is 7. The summed E-state index contributed by atoms with van der Waals surface area (Å²) in [6.45, 7) is -0.419. The first-order valence-corrected chi connectivity index (χ1v) is 7.03. The Balaban J connectivity index is 2.01. The van der Waals surface area contributed by atoms with E-state index >= 15 is 0 Å². The van der Waals surface area contributed by atoms with Crippen molar-refractivity contribution in [3.8, 4) is 17.2 Å². The predicted octanol–water partition coefficient (Wildman–Crippen LogP) is 2.77. The van der Waals surface area contributed by atoms with Crippen molar-refractivity contribution in [2.24, 2.45) is 0 Å². The maximum Gasteiger partial charge on any atom is 0.305 e. The quantitative estimate of drug-likeness (QED) is 0.609. The standard InChI is InChI=1S/C16H15FN2O6/c1-23-10-4-6-15(24-2)13(8-10)18-16(20)9-25-11-3-5-14(19(21)22)12(17)7-11/h3-8H,9H2,1-2H3,(H,18,20). The summed E-state index contributed by atoms with van der Waals surface area (Å²) in [7, 11) is 2.94. The highest BCUT2D eigenvalue weighted by Gasteiger charge is 2.15. The molecule has 0 aromatic heterocycles. The van der Waals surface area contributed by atoms with Crippen LogP contribution in [0.5, 0.6) is 17.2 Å². The fourth-order valence-electron chi connectivity index (χ4n) is 1.97. The topological polar surface area (TPSA) is 99.9 Å². The maximum absolute atomic E-state index is 13.5. The molecule has 0 fully saturated rings. The Bertz CT molecular complexity index is 796. The zero-order chi connectivity index (χ0) is 18.4. The molecule has 0 saturated heterocycles. The van der Waals surface area contributed by atoms with E-state index in [2.05, 4.69) is 5.32 Å². The van der Waals surface area contributed by atoms with Gasteiger partial charge in [-0.2, -0.15) is 4.39 Å². The summed E-state index contributed by atoms with van der Waals surface area (Å²) in [5, 5.41) is 13.1. The van der Waals surface area contributed by atoms with E-state index in [0.29, 0.717) is 17.2 Å². The van der Waals surface area contributed by atoms with Crippen molar-refractivity contribution in [3.63, 3.8) is 0 Å². The van der Waals surface area contributed by atoms with Gasteiger partial charge in [0.25, 0.3) is 5.91 Å². The second-order valence-corrected chi connectivity index (χ2v) is 4.77. The summed E-state index contributed by atoms with van der Waals surface area (Å²) in [6.07, 6.45) is 0. The number of nitro benzene ring substituents is 1. The first-order chi connectivity index (χ1) is 11.9. The second kappa shape index (κ2) is 7.95. The highest BCUT2D eigenvalue weighted by atomic mass is 19.1. The molecule has 0 heterocycles. The zero-order valence-corrected chi connectivity index (χ0v) is 13.4. The molecule has 2 rings (SSSR count). The molecule has 1 amide bonds. The number of carbonyl (C=O) groups excluding carboxylic acids is 1. The van der Waals surface area contributed by atoms with Crippen LogP contribution in [0.2, 0.25) is 0 Å². The minimum absolute atomic E-state index is 0.00384. The summed E-state index contributed by atoms with van der Waals surface area (Å²) >= 11 is 0. The molecule has 8 nitrogen and oxygen atoms in total. The summed E-state index contributed by atoms with van der Waals surface area (Å²) in [5.74, 6) is -0.622. The third-order valence-corrected chi connectivity index (χ3v) is 3.17. The molecular formula is C16H15FN2O6. The summed E-state index contributed by atoms with van der Waals surface area (Å²) < 4.78 is 28.8. The second-order valence-electron chi connectivity index (χ2n) is 4.77. The molecule has 0 radical (unpaired) electrons. The normalized spacial score (nSPS) is 10.0. The summed E-state index contributed by atoms with van der Waals surface area (Å²) in [4.78, 5) is 21.7. The van der Waals surface area contributed by atoms with Crippen LogP contribution in [0.15, 0.2) is 36.4 Å². The van der Waals surface area contributed by atoms with E-state index in [9.17, 15) is 19.3 Å². The first-order valence-electron chi connectivity index (χ1n) is 7.03. The molecule has 0 aliphatic rings. The third-order valence-electron chi connectivity index (χ3n) is 3.17. The van der Waals surface area contributed by atoms with Crippen molar-refractivity contribution in [1.82, 2.24) is 0 Å². The number of hydrogen-bond acceptors (Lipinski definition) is 6. The van der Waals surface area contributed by atoms with Gasteiger partial charge >= 0.3 is 5.69 Å². The highest BCUT2D eigenvalue weighted by molar-refractivity contribution is 5.93. The fraction of sp³-hybridized carbons (Fsp3) is 0.188. The van der Waals surface area contributed by atoms with E-state index in [4.69, 9.17) is 14.2 Å². The lowest BCUT2D eigenvalue weighted by atomic mass is 10.2. The van der Waals surface area contributed by atoms with Gasteiger partial charge in [0.1, 0.15) is 17.2 Å². The molecular weight excluding hydrogens is 335 g/mol. The molecule has 0 aliphatic carbocycles. The van der Waals surface area contributed by atoms with Gasteiger partial charge in [-0.25, -0.2) is 0 Å². The van der Waals surface area contributed by atoms with Crippen LogP contribution in [0, 0.1) is 15.9 Å². The average Bonchev–Trinajstić information content (AvgIpc) is 2.59. The van der Waals surface area contributed by atoms with E-state index in [1.165, 1.54) is 20.3 Å². The van der Waals surface area contributed by atoms with Crippen molar-refractivity contribution < 1.29 is 28.3 Å². The van der Waals surface area contributed by atoms with Gasteiger partial charge in [-0.1, -0.05) is 0 Å². The molecule has 2 aromatic rings. The lowest BCUT2D eigenvalue weighted by Crippen LogP contribution is -2.20. The van der Waals surface area contributed by atoms with Gasteiger partial charge in [-0.05, 0) is 18.2 Å². The molecule has 0 saturated carbocycles. The molecule has 132 valence electrons. The van der Waals surface area contributed by atoms with E-state index in [1.54, 1.807) is 18.2 Å². The Labute approximate surface area is 142 Å². The summed E-state index contributed by atoms with van der Waals surface area (Å²) in [5.41, 5.74) is -0.289. The van der Waals surface area contributed by atoms with Gasteiger partial charge in [0.05, 0.1) is 24.8 Å². The molecule has 0 atom stereocenters. The molecule has 0 spiro atoms. The predicted molar refractivity (Wildman–Crippen MR) is 86.7 cm³/mol. The van der Waals surface area contributed by atoms with Gasteiger partial charge in [-0.15, -0.1) is 0 Å². The molecule has 0 bridgehead atoms. The minimum Gasteiger partial charge on any atom is -0.497 e. The van der Waals surface area contributed by atoms with E-state index in [-0.39, 0.29) is 5.75 Å². The highest BCUT2D eigenvalue weighted by Crippen LogP contribution is 2.29. The van der Waals surface area contributed by atoms with Crippen LogP contribution < -0.4 is 19.5 Å². The van der Waals surface area contributed by atoms with E-state index < -0.39 is 28.9 Å². The number of methoxy groups -OCH3 is 2. The first kappa shape index (κ1) is 18.0. The molecule has 2 aromatic carbocycles. The smallest absolute Gasteiger partial charge is 0.305 e. The van der Waals surface area contributed by atoms with Crippen molar-refractivity contribution in [2.75, 3.05) is 26.1 Å².